The third kappa shape index (κ3) is 4.46. The van der Waals surface area contributed by atoms with Crippen LogP contribution in [0.4, 0.5) is 0 Å². The van der Waals surface area contributed by atoms with Gasteiger partial charge in [0.2, 0.25) is 0 Å². The van der Waals surface area contributed by atoms with E-state index < -0.39 is 5.60 Å². The number of hydrogen-bond donors (Lipinski definition) is 1. The van der Waals surface area contributed by atoms with Crippen LogP contribution in [-0.2, 0) is 22.4 Å². The standard InChI is InChI=1S/C12H22N2O3/c1-5-14-9-10(8-13-14)6-12(2,15)7-11(16-3)17-4/h8-9,11,15H,5-7H2,1-4H3. The molecule has 1 rings (SSSR count). The Balaban J connectivity index is 2.58. The van der Waals surface area contributed by atoms with E-state index in [9.17, 15) is 5.11 Å². The van der Waals surface area contributed by atoms with Crippen LogP contribution in [0.25, 0.3) is 0 Å². The lowest BCUT2D eigenvalue weighted by molar-refractivity contribution is -0.139. The van der Waals surface area contributed by atoms with Gasteiger partial charge in [-0.25, -0.2) is 0 Å². The van der Waals surface area contributed by atoms with Gasteiger partial charge in [-0.1, -0.05) is 0 Å². The van der Waals surface area contributed by atoms with Crippen LogP contribution < -0.4 is 0 Å². The van der Waals surface area contributed by atoms with E-state index in [-0.39, 0.29) is 6.29 Å². The Morgan fingerprint density at radius 2 is 2.12 bits per heavy atom. The summed E-state index contributed by atoms with van der Waals surface area (Å²) in [6.45, 7) is 4.64. The summed E-state index contributed by atoms with van der Waals surface area (Å²) in [4.78, 5) is 0. The minimum Gasteiger partial charge on any atom is -0.390 e. The molecule has 0 saturated carbocycles. The first-order valence-corrected chi connectivity index (χ1v) is 5.80. The normalized spacial score (nSPS) is 15.2. The lowest BCUT2D eigenvalue weighted by atomic mass is 9.94. The first kappa shape index (κ1) is 14.2. The molecule has 1 atom stereocenters. The second-order valence-corrected chi connectivity index (χ2v) is 4.48. The maximum Gasteiger partial charge on any atom is 0.159 e. The van der Waals surface area contributed by atoms with Crippen molar-refractivity contribution in [2.75, 3.05) is 14.2 Å². The van der Waals surface area contributed by atoms with Crippen LogP contribution in [0, 0.1) is 0 Å². The third-order valence-electron chi connectivity index (χ3n) is 2.73. The van der Waals surface area contributed by atoms with Crippen molar-refractivity contribution < 1.29 is 14.6 Å². The molecule has 0 aliphatic rings. The highest BCUT2D eigenvalue weighted by molar-refractivity contribution is 5.07. The molecule has 5 heteroatoms. The number of aryl methyl sites for hydroxylation is 1. The average molecular weight is 242 g/mol. The largest absolute Gasteiger partial charge is 0.390 e. The van der Waals surface area contributed by atoms with Gasteiger partial charge < -0.3 is 14.6 Å². The zero-order chi connectivity index (χ0) is 12.9. The highest BCUT2D eigenvalue weighted by Crippen LogP contribution is 2.20. The predicted molar refractivity (Wildman–Crippen MR) is 64.7 cm³/mol. The molecule has 0 aliphatic heterocycles. The van der Waals surface area contributed by atoms with Gasteiger partial charge in [0, 0.05) is 39.8 Å². The summed E-state index contributed by atoms with van der Waals surface area (Å²) in [5, 5.41) is 14.5. The Morgan fingerprint density at radius 1 is 1.47 bits per heavy atom. The first-order valence-electron chi connectivity index (χ1n) is 5.80. The number of aromatic nitrogens is 2. The molecule has 1 aromatic rings. The minimum atomic E-state index is -0.863. The quantitative estimate of drug-likeness (QED) is 0.730. The number of methoxy groups -OCH3 is 2. The Hall–Kier alpha value is -0.910. The third-order valence-corrected chi connectivity index (χ3v) is 2.73. The molecule has 1 N–H and O–H groups in total. The van der Waals surface area contributed by atoms with E-state index in [2.05, 4.69) is 5.10 Å². The van der Waals surface area contributed by atoms with E-state index in [0.717, 1.165) is 12.1 Å². The van der Waals surface area contributed by atoms with Gasteiger partial charge in [0.15, 0.2) is 6.29 Å². The van der Waals surface area contributed by atoms with E-state index in [1.807, 2.05) is 17.8 Å². The molecule has 0 aromatic carbocycles. The van der Waals surface area contributed by atoms with Crippen molar-refractivity contribution in [2.24, 2.45) is 0 Å². The molecule has 0 spiro atoms. The zero-order valence-electron chi connectivity index (χ0n) is 11.0. The molecule has 1 heterocycles. The van der Waals surface area contributed by atoms with Gasteiger partial charge in [0.1, 0.15) is 0 Å². The van der Waals surface area contributed by atoms with Gasteiger partial charge in [-0.15, -0.1) is 0 Å². The fraction of sp³-hybridized carbons (Fsp3) is 0.750. The maximum absolute atomic E-state index is 10.3. The Bertz CT molecular complexity index is 332. The number of ether oxygens (including phenoxy) is 2. The van der Waals surface area contributed by atoms with E-state index >= 15 is 0 Å². The highest BCUT2D eigenvalue weighted by Gasteiger charge is 2.26. The van der Waals surface area contributed by atoms with Gasteiger partial charge >= 0.3 is 0 Å². The number of aliphatic hydroxyl groups is 1. The van der Waals surface area contributed by atoms with Crippen LogP contribution in [0.2, 0.25) is 0 Å². The molecule has 17 heavy (non-hydrogen) atoms. The minimum absolute atomic E-state index is 0.383. The van der Waals surface area contributed by atoms with Gasteiger partial charge in [0.05, 0.1) is 11.8 Å². The van der Waals surface area contributed by atoms with E-state index in [4.69, 9.17) is 9.47 Å². The van der Waals surface area contributed by atoms with Crippen LogP contribution in [0.15, 0.2) is 12.4 Å². The molecule has 98 valence electrons. The smallest absolute Gasteiger partial charge is 0.159 e. The number of rotatable bonds is 7. The molecule has 1 unspecified atom stereocenters. The van der Waals surface area contributed by atoms with E-state index in [1.165, 1.54) is 0 Å². The summed E-state index contributed by atoms with van der Waals surface area (Å²) in [7, 11) is 3.14. The lowest BCUT2D eigenvalue weighted by Crippen LogP contribution is -2.33. The molecule has 0 fully saturated rings. The topological polar surface area (TPSA) is 56.5 Å². The average Bonchev–Trinajstić information content (AvgIpc) is 2.72. The van der Waals surface area contributed by atoms with Crippen LogP contribution in [0.1, 0.15) is 25.8 Å². The van der Waals surface area contributed by atoms with Crippen molar-refractivity contribution in [2.45, 2.75) is 45.1 Å². The molecule has 0 aliphatic carbocycles. The second-order valence-electron chi connectivity index (χ2n) is 4.48. The molecule has 0 saturated heterocycles. The summed E-state index contributed by atoms with van der Waals surface area (Å²) in [5.74, 6) is 0. The molecular weight excluding hydrogens is 220 g/mol. The van der Waals surface area contributed by atoms with E-state index in [0.29, 0.717) is 12.8 Å². The maximum atomic E-state index is 10.3. The van der Waals surface area contributed by atoms with Crippen molar-refractivity contribution in [3.05, 3.63) is 18.0 Å². The molecule has 1 aromatic heterocycles. The van der Waals surface area contributed by atoms with Crippen molar-refractivity contribution in [1.29, 1.82) is 0 Å². The van der Waals surface area contributed by atoms with Crippen LogP contribution in [0.3, 0.4) is 0 Å². The predicted octanol–water partition coefficient (Wildman–Crippen LogP) is 1.21. The Morgan fingerprint density at radius 3 is 2.59 bits per heavy atom. The van der Waals surface area contributed by atoms with Crippen molar-refractivity contribution in [3.8, 4) is 0 Å². The zero-order valence-corrected chi connectivity index (χ0v) is 11.0. The number of nitrogens with zero attached hydrogens (tertiary/aromatic N) is 2. The lowest BCUT2D eigenvalue weighted by Gasteiger charge is -2.26. The summed E-state index contributed by atoms with van der Waals surface area (Å²) < 4.78 is 12.0. The van der Waals surface area contributed by atoms with Gasteiger partial charge in [0.25, 0.3) is 0 Å². The molecule has 5 nitrogen and oxygen atoms in total. The van der Waals surface area contributed by atoms with Crippen molar-refractivity contribution >= 4 is 0 Å². The van der Waals surface area contributed by atoms with Crippen LogP contribution in [0.5, 0.6) is 0 Å². The van der Waals surface area contributed by atoms with Crippen LogP contribution >= 0.6 is 0 Å². The fourth-order valence-corrected chi connectivity index (χ4v) is 1.80. The van der Waals surface area contributed by atoms with Gasteiger partial charge in [-0.2, -0.15) is 5.10 Å². The highest BCUT2D eigenvalue weighted by atomic mass is 16.7. The molecule has 0 bridgehead atoms. The van der Waals surface area contributed by atoms with Gasteiger partial charge in [-0.05, 0) is 19.4 Å². The monoisotopic (exact) mass is 242 g/mol. The SMILES string of the molecule is CCn1cc(CC(C)(O)CC(OC)OC)cn1. The van der Waals surface area contributed by atoms with Crippen molar-refractivity contribution in [3.63, 3.8) is 0 Å². The summed E-state index contributed by atoms with van der Waals surface area (Å²) in [6, 6.07) is 0. The fourth-order valence-electron chi connectivity index (χ4n) is 1.80. The molecule has 0 radical (unpaired) electrons. The summed E-state index contributed by atoms with van der Waals surface area (Å²) >= 11 is 0. The Labute approximate surface area is 102 Å². The molecule has 0 amide bonds. The summed E-state index contributed by atoms with van der Waals surface area (Å²) in [6.07, 6.45) is 4.31. The van der Waals surface area contributed by atoms with E-state index in [1.54, 1.807) is 27.3 Å². The first-order chi connectivity index (χ1) is 8.00. The summed E-state index contributed by atoms with van der Waals surface area (Å²) in [5.41, 5.74) is 0.154. The Kier molecular flexibility index (Phi) is 5.11. The molecular formula is C12H22N2O3. The number of hydrogen-bond acceptors (Lipinski definition) is 4. The van der Waals surface area contributed by atoms with Crippen LogP contribution in [-0.4, -0.2) is 41.0 Å². The second kappa shape index (κ2) is 6.14. The van der Waals surface area contributed by atoms with Crippen molar-refractivity contribution in [1.82, 2.24) is 9.78 Å². The van der Waals surface area contributed by atoms with Gasteiger partial charge in [-0.3, -0.25) is 4.68 Å².